The molecule has 3 heterocycles. The van der Waals surface area contributed by atoms with Crippen molar-refractivity contribution in [2.24, 2.45) is 0 Å². The highest BCUT2D eigenvalue weighted by Gasteiger charge is 2.24. The van der Waals surface area contributed by atoms with E-state index in [0.29, 0.717) is 28.8 Å². The highest BCUT2D eigenvalue weighted by Crippen LogP contribution is 2.22. The standard InChI is InChI=1S/C17H20N6O2/c1-25-12-4-2-11(3-5-12)20-16(24)15-14-13(6-7-19-14)21-17(22-15)23-9-8-18-10-23/h6-12,19H,2-5H2,1H3,(H,20,24). The summed E-state index contributed by atoms with van der Waals surface area (Å²) in [6.07, 6.45) is 10.8. The Labute approximate surface area is 144 Å². The van der Waals surface area contributed by atoms with Crippen LogP contribution in [-0.2, 0) is 4.74 Å². The van der Waals surface area contributed by atoms with Gasteiger partial charge in [-0.1, -0.05) is 0 Å². The molecule has 4 rings (SSSR count). The van der Waals surface area contributed by atoms with Gasteiger partial charge in [-0.3, -0.25) is 9.36 Å². The first-order valence-corrected chi connectivity index (χ1v) is 8.41. The number of imidazole rings is 1. The number of ether oxygens (including phenoxy) is 1. The van der Waals surface area contributed by atoms with Gasteiger partial charge in [0.1, 0.15) is 6.33 Å². The predicted octanol–water partition coefficient (Wildman–Crippen LogP) is 1.83. The Morgan fingerprint density at radius 1 is 1.32 bits per heavy atom. The van der Waals surface area contributed by atoms with Gasteiger partial charge >= 0.3 is 0 Å². The monoisotopic (exact) mass is 340 g/mol. The van der Waals surface area contributed by atoms with Crippen molar-refractivity contribution in [3.05, 3.63) is 36.7 Å². The molecule has 0 bridgehead atoms. The Morgan fingerprint density at radius 2 is 2.16 bits per heavy atom. The van der Waals surface area contributed by atoms with Crippen LogP contribution >= 0.6 is 0 Å². The van der Waals surface area contributed by atoms with Gasteiger partial charge in [-0.15, -0.1) is 0 Å². The summed E-state index contributed by atoms with van der Waals surface area (Å²) >= 11 is 0. The molecule has 0 aromatic carbocycles. The number of nitrogens with zero attached hydrogens (tertiary/aromatic N) is 4. The zero-order chi connectivity index (χ0) is 17.2. The molecule has 0 saturated heterocycles. The third-order valence-electron chi connectivity index (χ3n) is 4.69. The molecule has 1 aliphatic carbocycles. The molecule has 8 nitrogen and oxygen atoms in total. The van der Waals surface area contributed by atoms with Gasteiger partial charge < -0.3 is 15.0 Å². The van der Waals surface area contributed by atoms with Crippen LogP contribution in [0.1, 0.15) is 36.2 Å². The molecule has 3 aromatic rings. The van der Waals surface area contributed by atoms with E-state index in [2.05, 4.69) is 25.3 Å². The van der Waals surface area contributed by atoms with Crippen molar-refractivity contribution in [2.45, 2.75) is 37.8 Å². The number of aromatic amines is 1. The molecule has 3 aromatic heterocycles. The fourth-order valence-corrected chi connectivity index (χ4v) is 3.29. The minimum atomic E-state index is -0.183. The van der Waals surface area contributed by atoms with Crippen molar-refractivity contribution in [3.63, 3.8) is 0 Å². The first-order chi connectivity index (χ1) is 12.2. The van der Waals surface area contributed by atoms with E-state index in [1.165, 1.54) is 0 Å². The summed E-state index contributed by atoms with van der Waals surface area (Å²) < 4.78 is 7.07. The molecule has 1 saturated carbocycles. The number of nitrogens with one attached hydrogen (secondary N) is 2. The molecule has 130 valence electrons. The average molecular weight is 340 g/mol. The van der Waals surface area contributed by atoms with E-state index in [9.17, 15) is 4.79 Å². The van der Waals surface area contributed by atoms with Crippen LogP contribution in [0.4, 0.5) is 0 Å². The van der Waals surface area contributed by atoms with Crippen molar-refractivity contribution in [3.8, 4) is 5.95 Å². The van der Waals surface area contributed by atoms with Crippen LogP contribution in [0.5, 0.6) is 0 Å². The molecular weight excluding hydrogens is 320 g/mol. The van der Waals surface area contributed by atoms with Crippen LogP contribution in [0.15, 0.2) is 31.0 Å². The number of H-pyrrole nitrogens is 1. The Hall–Kier alpha value is -2.74. The number of fused-ring (bicyclic) bond motifs is 1. The molecule has 25 heavy (non-hydrogen) atoms. The van der Waals surface area contributed by atoms with Gasteiger partial charge in [0.2, 0.25) is 5.95 Å². The summed E-state index contributed by atoms with van der Waals surface area (Å²) in [5.74, 6) is 0.245. The molecular formula is C17H20N6O2. The normalized spacial score (nSPS) is 20.7. The zero-order valence-electron chi connectivity index (χ0n) is 14.0. The average Bonchev–Trinajstić information content (AvgIpc) is 3.32. The number of amides is 1. The highest BCUT2D eigenvalue weighted by molar-refractivity contribution is 6.03. The lowest BCUT2D eigenvalue weighted by Gasteiger charge is -2.28. The lowest BCUT2D eigenvalue weighted by molar-refractivity contribution is 0.0598. The highest BCUT2D eigenvalue weighted by atomic mass is 16.5. The van der Waals surface area contributed by atoms with Crippen molar-refractivity contribution >= 4 is 16.9 Å². The molecule has 0 atom stereocenters. The summed E-state index contributed by atoms with van der Waals surface area (Å²) in [5.41, 5.74) is 1.70. The molecule has 2 N–H and O–H groups in total. The second-order valence-corrected chi connectivity index (χ2v) is 6.26. The molecule has 1 amide bonds. The molecule has 0 spiro atoms. The number of carbonyl (C=O) groups excluding carboxylic acids is 1. The van der Waals surface area contributed by atoms with Gasteiger partial charge in [0.25, 0.3) is 5.91 Å². The predicted molar refractivity (Wildman–Crippen MR) is 91.5 cm³/mol. The minimum Gasteiger partial charge on any atom is -0.381 e. The van der Waals surface area contributed by atoms with E-state index in [0.717, 1.165) is 25.7 Å². The van der Waals surface area contributed by atoms with Crippen LogP contribution in [0.25, 0.3) is 17.0 Å². The summed E-state index contributed by atoms with van der Waals surface area (Å²) in [6, 6.07) is 1.98. The molecule has 1 fully saturated rings. The van der Waals surface area contributed by atoms with Crippen LogP contribution in [0.2, 0.25) is 0 Å². The molecule has 8 heteroatoms. The minimum absolute atomic E-state index is 0.149. The topological polar surface area (TPSA) is 97.7 Å². The Balaban J connectivity index is 1.59. The van der Waals surface area contributed by atoms with Gasteiger partial charge in [-0.25, -0.2) is 15.0 Å². The summed E-state index contributed by atoms with van der Waals surface area (Å²) in [7, 11) is 1.74. The van der Waals surface area contributed by atoms with Crippen LogP contribution in [0.3, 0.4) is 0 Å². The molecule has 0 aliphatic heterocycles. The molecule has 0 unspecified atom stereocenters. The van der Waals surface area contributed by atoms with Gasteiger partial charge in [-0.05, 0) is 31.7 Å². The molecule has 0 radical (unpaired) electrons. The smallest absolute Gasteiger partial charge is 0.272 e. The quantitative estimate of drug-likeness (QED) is 0.755. The second-order valence-electron chi connectivity index (χ2n) is 6.26. The third-order valence-corrected chi connectivity index (χ3v) is 4.69. The third kappa shape index (κ3) is 3.12. The first kappa shape index (κ1) is 15.8. The zero-order valence-corrected chi connectivity index (χ0v) is 14.0. The van der Waals surface area contributed by atoms with Crippen molar-refractivity contribution < 1.29 is 9.53 Å². The van der Waals surface area contributed by atoms with Gasteiger partial charge in [0.15, 0.2) is 5.69 Å². The number of aromatic nitrogens is 5. The fourth-order valence-electron chi connectivity index (χ4n) is 3.29. The van der Waals surface area contributed by atoms with E-state index >= 15 is 0 Å². The summed E-state index contributed by atoms with van der Waals surface area (Å²) in [5, 5.41) is 3.10. The first-order valence-electron chi connectivity index (χ1n) is 8.41. The van der Waals surface area contributed by atoms with Crippen molar-refractivity contribution in [1.82, 2.24) is 29.8 Å². The van der Waals surface area contributed by atoms with Crippen LogP contribution < -0.4 is 5.32 Å². The van der Waals surface area contributed by atoms with Crippen molar-refractivity contribution in [2.75, 3.05) is 7.11 Å². The fraction of sp³-hybridized carbons (Fsp3) is 0.412. The van der Waals surface area contributed by atoms with Gasteiger partial charge in [0.05, 0.1) is 17.1 Å². The van der Waals surface area contributed by atoms with Crippen molar-refractivity contribution in [1.29, 1.82) is 0 Å². The van der Waals surface area contributed by atoms with Crippen LogP contribution in [0, 0.1) is 0 Å². The van der Waals surface area contributed by atoms with E-state index < -0.39 is 0 Å². The number of hydrogen-bond donors (Lipinski definition) is 2. The Morgan fingerprint density at radius 3 is 2.88 bits per heavy atom. The summed E-state index contributed by atoms with van der Waals surface area (Å²) in [4.78, 5) is 28.8. The van der Waals surface area contributed by atoms with Gasteiger partial charge in [-0.2, -0.15) is 0 Å². The molecule has 1 aliphatic rings. The SMILES string of the molecule is COC1CCC(NC(=O)c2nc(-n3ccnc3)nc3cc[nH]c23)CC1. The van der Waals surface area contributed by atoms with E-state index in [1.807, 2.05) is 6.07 Å². The lowest BCUT2D eigenvalue weighted by atomic mass is 9.93. The van der Waals surface area contributed by atoms with E-state index in [4.69, 9.17) is 4.74 Å². The maximum atomic E-state index is 12.8. The lowest BCUT2D eigenvalue weighted by Crippen LogP contribution is -2.39. The number of methoxy groups -OCH3 is 1. The van der Waals surface area contributed by atoms with E-state index in [-0.39, 0.29) is 11.9 Å². The number of rotatable bonds is 4. The Kier molecular flexibility index (Phi) is 4.19. The number of carbonyl (C=O) groups is 1. The maximum absolute atomic E-state index is 12.8. The van der Waals surface area contributed by atoms with E-state index in [1.54, 1.807) is 36.6 Å². The maximum Gasteiger partial charge on any atom is 0.272 e. The second kappa shape index (κ2) is 6.64. The Bertz CT molecular complexity index is 865. The van der Waals surface area contributed by atoms with Crippen LogP contribution in [-0.4, -0.2) is 49.7 Å². The number of hydrogen-bond acceptors (Lipinski definition) is 5. The largest absolute Gasteiger partial charge is 0.381 e. The van der Waals surface area contributed by atoms with Gasteiger partial charge in [0, 0.05) is 31.7 Å². The summed E-state index contributed by atoms with van der Waals surface area (Å²) in [6.45, 7) is 0.